The Morgan fingerprint density at radius 1 is 0.900 bits per heavy atom. The largest absolute Gasteiger partial charge is 0.473 e. The number of rotatable bonds is 5. The number of carbonyl (C=O) groups excluding carboxylic acids is 1. The van der Waals surface area contributed by atoms with Crippen molar-refractivity contribution in [1.29, 1.82) is 0 Å². The van der Waals surface area contributed by atoms with Crippen molar-refractivity contribution in [3.8, 4) is 0 Å². The van der Waals surface area contributed by atoms with Gasteiger partial charge in [-0.25, -0.2) is 9.59 Å². The Bertz CT molecular complexity index is 669. The van der Waals surface area contributed by atoms with E-state index in [1.807, 2.05) is 0 Å². The van der Waals surface area contributed by atoms with Crippen molar-refractivity contribution in [3.63, 3.8) is 0 Å². The highest BCUT2D eigenvalue weighted by Gasteiger charge is 2.29. The quantitative estimate of drug-likeness (QED) is 0.693. The Balaban J connectivity index is 0.000000469. The van der Waals surface area contributed by atoms with Gasteiger partial charge >= 0.3 is 11.9 Å². The lowest BCUT2D eigenvalue weighted by molar-refractivity contribution is -0.159. The van der Waals surface area contributed by atoms with E-state index in [2.05, 4.69) is 52.1 Å². The maximum atomic E-state index is 12.7. The van der Waals surface area contributed by atoms with Crippen LogP contribution < -0.4 is 0 Å². The molecule has 1 amide bonds. The van der Waals surface area contributed by atoms with Crippen LogP contribution in [0.25, 0.3) is 0 Å². The van der Waals surface area contributed by atoms with E-state index in [1.165, 1.54) is 12.0 Å². The second kappa shape index (κ2) is 12.3. The van der Waals surface area contributed by atoms with Gasteiger partial charge in [0.25, 0.3) is 0 Å². The molecule has 2 heterocycles. The standard InChI is InChI=1S/C20H31N3O.C2H2O4/c1-21-14-16-23(17-15-21)20(24)19-9-12-22(13-10-19)11-5-8-18-6-3-2-4-7-18;3-1(4)2(5)6/h2-4,6-7,19H,5,8-17H2,1H3;(H,3,4)(H,5,6). The van der Waals surface area contributed by atoms with Crippen LogP contribution in [-0.4, -0.2) is 95.6 Å². The van der Waals surface area contributed by atoms with Gasteiger partial charge in [-0.05, 0) is 57.9 Å². The van der Waals surface area contributed by atoms with Crippen LogP contribution in [-0.2, 0) is 20.8 Å². The summed E-state index contributed by atoms with van der Waals surface area (Å²) in [5.41, 5.74) is 1.43. The highest BCUT2D eigenvalue weighted by atomic mass is 16.4. The maximum Gasteiger partial charge on any atom is 0.414 e. The zero-order valence-corrected chi connectivity index (χ0v) is 17.7. The molecule has 3 rings (SSSR count). The summed E-state index contributed by atoms with van der Waals surface area (Å²) in [7, 11) is 2.13. The molecule has 166 valence electrons. The molecule has 0 bridgehead atoms. The highest BCUT2D eigenvalue weighted by molar-refractivity contribution is 6.27. The van der Waals surface area contributed by atoms with Crippen molar-refractivity contribution < 1.29 is 24.6 Å². The summed E-state index contributed by atoms with van der Waals surface area (Å²) >= 11 is 0. The number of amides is 1. The van der Waals surface area contributed by atoms with Crippen LogP contribution in [0, 0.1) is 5.92 Å². The van der Waals surface area contributed by atoms with E-state index in [-0.39, 0.29) is 5.92 Å². The van der Waals surface area contributed by atoms with Crippen LogP contribution in [0.3, 0.4) is 0 Å². The Morgan fingerprint density at radius 2 is 1.47 bits per heavy atom. The molecule has 0 spiro atoms. The Morgan fingerprint density at radius 3 is 2.00 bits per heavy atom. The second-order valence-corrected chi connectivity index (χ2v) is 7.94. The molecule has 2 aliphatic heterocycles. The van der Waals surface area contributed by atoms with Gasteiger partial charge in [0.2, 0.25) is 5.91 Å². The van der Waals surface area contributed by atoms with E-state index < -0.39 is 11.9 Å². The second-order valence-electron chi connectivity index (χ2n) is 7.94. The number of benzene rings is 1. The molecule has 2 saturated heterocycles. The third kappa shape index (κ3) is 8.12. The molecule has 8 heteroatoms. The first-order valence-corrected chi connectivity index (χ1v) is 10.6. The van der Waals surface area contributed by atoms with Crippen LogP contribution in [0.4, 0.5) is 0 Å². The molecule has 0 aromatic heterocycles. The molecule has 0 radical (unpaired) electrons. The monoisotopic (exact) mass is 419 g/mol. The molecule has 0 saturated carbocycles. The number of piperazine rings is 1. The van der Waals surface area contributed by atoms with Crippen molar-refractivity contribution in [1.82, 2.24) is 14.7 Å². The van der Waals surface area contributed by atoms with Gasteiger partial charge in [0.15, 0.2) is 0 Å². The summed E-state index contributed by atoms with van der Waals surface area (Å²) in [6.07, 6.45) is 4.44. The molecular weight excluding hydrogens is 386 g/mol. The molecule has 2 fully saturated rings. The van der Waals surface area contributed by atoms with Gasteiger partial charge in [0.1, 0.15) is 0 Å². The van der Waals surface area contributed by atoms with Gasteiger partial charge < -0.3 is 24.9 Å². The number of piperidine rings is 1. The number of hydrogen-bond donors (Lipinski definition) is 2. The number of carboxylic acid groups (broad SMARTS) is 2. The average Bonchev–Trinajstić information content (AvgIpc) is 2.75. The lowest BCUT2D eigenvalue weighted by Crippen LogP contribution is -2.50. The first kappa shape index (κ1) is 23.8. The summed E-state index contributed by atoms with van der Waals surface area (Å²) in [6.45, 7) is 7.18. The zero-order chi connectivity index (χ0) is 21.9. The average molecular weight is 420 g/mol. The molecule has 8 nitrogen and oxygen atoms in total. The van der Waals surface area contributed by atoms with Gasteiger partial charge in [0, 0.05) is 32.1 Å². The number of carbonyl (C=O) groups is 3. The van der Waals surface area contributed by atoms with Crippen LogP contribution >= 0.6 is 0 Å². The fourth-order valence-corrected chi connectivity index (χ4v) is 3.84. The number of nitrogens with zero attached hydrogens (tertiary/aromatic N) is 3. The predicted molar refractivity (Wildman–Crippen MR) is 113 cm³/mol. The molecule has 0 unspecified atom stereocenters. The lowest BCUT2D eigenvalue weighted by atomic mass is 9.94. The molecule has 2 N–H and O–H groups in total. The van der Waals surface area contributed by atoms with Crippen molar-refractivity contribution in [2.45, 2.75) is 25.7 Å². The van der Waals surface area contributed by atoms with E-state index in [0.717, 1.165) is 65.1 Å². The van der Waals surface area contributed by atoms with Crippen molar-refractivity contribution in [2.75, 3.05) is 52.9 Å². The zero-order valence-electron chi connectivity index (χ0n) is 17.7. The lowest BCUT2D eigenvalue weighted by Gasteiger charge is -2.37. The van der Waals surface area contributed by atoms with Gasteiger partial charge in [-0.2, -0.15) is 0 Å². The Labute approximate surface area is 178 Å². The summed E-state index contributed by atoms with van der Waals surface area (Å²) in [5.74, 6) is -2.98. The van der Waals surface area contributed by atoms with Crippen LogP contribution in [0.2, 0.25) is 0 Å². The SMILES string of the molecule is CN1CCN(C(=O)C2CCN(CCCc3ccccc3)CC2)CC1.O=C(O)C(=O)O. The minimum absolute atomic E-state index is 0.263. The maximum absolute atomic E-state index is 12.7. The third-order valence-electron chi connectivity index (χ3n) is 5.72. The van der Waals surface area contributed by atoms with Crippen LogP contribution in [0.15, 0.2) is 30.3 Å². The highest BCUT2D eigenvalue weighted by Crippen LogP contribution is 2.21. The number of likely N-dealkylation sites (N-methyl/N-ethyl adjacent to an activating group) is 1. The molecule has 0 aliphatic carbocycles. The molecule has 1 aromatic carbocycles. The number of aliphatic carboxylic acids is 2. The van der Waals surface area contributed by atoms with Gasteiger partial charge in [0.05, 0.1) is 0 Å². The van der Waals surface area contributed by atoms with Crippen LogP contribution in [0.1, 0.15) is 24.8 Å². The summed E-state index contributed by atoms with van der Waals surface area (Å²) in [5, 5.41) is 14.8. The van der Waals surface area contributed by atoms with Crippen molar-refractivity contribution in [3.05, 3.63) is 35.9 Å². The number of hydrogen-bond acceptors (Lipinski definition) is 5. The smallest absolute Gasteiger partial charge is 0.414 e. The van der Waals surface area contributed by atoms with Crippen LogP contribution in [0.5, 0.6) is 0 Å². The minimum Gasteiger partial charge on any atom is -0.473 e. The molecule has 0 atom stereocenters. The fourth-order valence-electron chi connectivity index (χ4n) is 3.84. The predicted octanol–water partition coefficient (Wildman–Crippen LogP) is 1.26. The van der Waals surface area contributed by atoms with E-state index in [1.54, 1.807) is 0 Å². The molecule has 30 heavy (non-hydrogen) atoms. The normalized spacial score (nSPS) is 18.4. The van der Waals surface area contributed by atoms with E-state index >= 15 is 0 Å². The Hall–Kier alpha value is -2.45. The number of aryl methyl sites for hydroxylation is 1. The van der Waals surface area contributed by atoms with Gasteiger partial charge in [-0.15, -0.1) is 0 Å². The van der Waals surface area contributed by atoms with Crippen molar-refractivity contribution >= 4 is 17.8 Å². The van der Waals surface area contributed by atoms with E-state index in [9.17, 15) is 4.79 Å². The summed E-state index contributed by atoms with van der Waals surface area (Å²) in [6, 6.07) is 10.7. The topological polar surface area (TPSA) is 101 Å². The van der Waals surface area contributed by atoms with Gasteiger partial charge in [-0.1, -0.05) is 30.3 Å². The first-order valence-electron chi connectivity index (χ1n) is 10.6. The van der Waals surface area contributed by atoms with E-state index in [4.69, 9.17) is 19.8 Å². The molecule has 2 aliphatic rings. The number of likely N-dealkylation sites (tertiary alicyclic amines) is 1. The molecule has 1 aromatic rings. The fraction of sp³-hybridized carbons (Fsp3) is 0.591. The van der Waals surface area contributed by atoms with E-state index in [0.29, 0.717) is 5.91 Å². The van der Waals surface area contributed by atoms with Gasteiger partial charge in [-0.3, -0.25) is 4.79 Å². The number of carboxylic acids is 2. The first-order chi connectivity index (χ1) is 14.4. The Kier molecular flexibility index (Phi) is 9.76. The summed E-state index contributed by atoms with van der Waals surface area (Å²) in [4.78, 5) is 37.8. The minimum atomic E-state index is -1.82. The molecular formula is C22H33N3O5. The summed E-state index contributed by atoms with van der Waals surface area (Å²) < 4.78 is 0. The van der Waals surface area contributed by atoms with Crippen molar-refractivity contribution in [2.24, 2.45) is 5.92 Å². The third-order valence-corrected chi connectivity index (χ3v) is 5.72.